The Kier molecular flexibility index (Phi) is 3.68. The smallest absolute Gasteiger partial charge is 0.129 e. The maximum Gasteiger partial charge on any atom is 0.129 e. The second kappa shape index (κ2) is 5.47. The fourth-order valence-corrected chi connectivity index (χ4v) is 2.43. The first-order chi connectivity index (χ1) is 9.63. The van der Waals surface area contributed by atoms with E-state index in [4.69, 9.17) is 16.3 Å². The molecule has 0 spiro atoms. The molecule has 2 aromatic carbocycles. The molecule has 0 radical (unpaired) electrons. The summed E-state index contributed by atoms with van der Waals surface area (Å²) in [6.45, 7) is 6.06. The van der Waals surface area contributed by atoms with Gasteiger partial charge in [0.25, 0.3) is 0 Å². The minimum atomic E-state index is 0.249. The molecule has 1 heterocycles. The lowest BCUT2D eigenvalue weighted by molar-refractivity contribution is 0.143. The number of ether oxygens (including phenoxy) is 1. The Morgan fingerprint density at radius 1 is 1.05 bits per heavy atom. The van der Waals surface area contributed by atoms with Gasteiger partial charge in [0, 0.05) is 23.7 Å². The molecule has 104 valence electrons. The van der Waals surface area contributed by atoms with Crippen molar-refractivity contribution in [2.75, 3.05) is 13.1 Å². The highest BCUT2D eigenvalue weighted by molar-refractivity contribution is 6.30. The zero-order valence-corrected chi connectivity index (χ0v) is 12.5. The second-order valence-electron chi connectivity index (χ2n) is 5.34. The first kappa shape index (κ1) is 13.5. The van der Waals surface area contributed by atoms with Crippen molar-refractivity contribution in [3.63, 3.8) is 0 Å². The van der Waals surface area contributed by atoms with Gasteiger partial charge >= 0.3 is 0 Å². The predicted octanol–water partition coefficient (Wildman–Crippen LogP) is 3.97. The van der Waals surface area contributed by atoms with Crippen molar-refractivity contribution in [3.05, 3.63) is 52.5 Å². The van der Waals surface area contributed by atoms with Crippen molar-refractivity contribution in [2.45, 2.75) is 20.0 Å². The van der Waals surface area contributed by atoms with Crippen LogP contribution in [0.15, 0.2) is 36.4 Å². The molecule has 2 nitrogen and oxygen atoms in total. The fourth-order valence-electron chi connectivity index (χ4n) is 2.27. The van der Waals surface area contributed by atoms with Crippen LogP contribution in [0.2, 0.25) is 5.02 Å². The Morgan fingerprint density at radius 2 is 1.85 bits per heavy atom. The quantitative estimate of drug-likeness (QED) is 0.922. The third kappa shape index (κ3) is 2.67. The third-order valence-corrected chi connectivity index (χ3v) is 4.03. The van der Waals surface area contributed by atoms with Crippen LogP contribution in [0.1, 0.15) is 11.1 Å². The molecule has 0 amide bonds. The SMILES string of the molecule is Cc1ccc(-c2ccc(Cl)cc2OC2CNC2)cc1C. The molecule has 1 N–H and O–H groups in total. The highest BCUT2D eigenvalue weighted by atomic mass is 35.5. The van der Waals surface area contributed by atoms with Crippen LogP contribution in [0.3, 0.4) is 0 Å². The van der Waals surface area contributed by atoms with E-state index in [1.165, 1.54) is 16.7 Å². The number of hydrogen-bond donors (Lipinski definition) is 1. The largest absolute Gasteiger partial charge is 0.487 e. The van der Waals surface area contributed by atoms with Crippen molar-refractivity contribution in [1.82, 2.24) is 5.32 Å². The van der Waals surface area contributed by atoms with Crippen molar-refractivity contribution < 1.29 is 4.74 Å². The average molecular weight is 288 g/mol. The summed E-state index contributed by atoms with van der Waals surface area (Å²) in [5.74, 6) is 0.868. The lowest BCUT2D eigenvalue weighted by atomic mass is 10.00. The monoisotopic (exact) mass is 287 g/mol. The third-order valence-electron chi connectivity index (χ3n) is 3.80. The van der Waals surface area contributed by atoms with E-state index in [-0.39, 0.29) is 6.10 Å². The molecule has 3 rings (SSSR count). The maximum atomic E-state index is 6.11. The van der Waals surface area contributed by atoms with Crippen LogP contribution in [-0.4, -0.2) is 19.2 Å². The van der Waals surface area contributed by atoms with Gasteiger partial charge in [-0.2, -0.15) is 0 Å². The van der Waals surface area contributed by atoms with Crippen molar-refractivity contribution in [3.8, 4) is 16.9 Å². The van der Waals surface area contributed by atoms with Crippen LogP contribution >= 0.6 is 11.6 Å². The molecule has 1 saturated heterocycles. The van der Waals surface area contributed by atoms with Gasteiger partial charge in [-0.25, -0.2) is 0 Å². The normalized spacial score (nSPS) is 14.9. The van der Waals surface area contributed by atoms with E-state index in [2.05, 4.69) is 37.4 Å². The fraction of sp³-hybridized carbons (Fsp3) is 0.294. The van der Waals surface area contributed by atoms with E-state index in [0.29, 0.717) is 5.02 Å². The standard InChI is InChI=1S/C17H18ClNO/c1-11-3-4-13(7-12(11)2)16-6-5-14(18)8-17(16)20-15-9-19-10-15/h3-8,15,19H,9-10H2,1-2H3. The van der Waals surface area contributed by atoms with Gasteiger partial charge in [0.15, 0.2) is 0 Å². The molecular formula is C17H18ClNO. The Hall–Kier alpha value is -1.51. The molecule has 1 aliphatic heterocycles. The van der Waals surface area contributed by atoms with Crippen LogP contribution < -0.4 is 10.1 Å². The van der Waals surface area contributed by atoms with E-state index in [1.54, 1.807) is 0 Å². The molecule has 3 heteroatoms. The van der Waals surface area contributed by atoms with Gasteiger partial charge in [-0.15, -0.1) is 0 Å². The molecule has 0 saturated carbocycles. The van der Waals surface area contributed by atoms with Crippen molar-refractivity contribution in [1.29, 1.82) is 0 Å². The van der Waals surface area contributed by atoms with Crippen molar-refractivity contribution in [2.24, 2.45) is 0 Å². The van der Waals surface area contributed by atoms with Crippen LogP contribution in [-0.2, 0) is 0 Å². The number of halogens is 1. The Labute approximate surface area is 124 Å². The van der Waals surface area contributed by atoms with Crippen molar-refractivity contribution >= 4 is 11.6 Å². The van der Waals surface area contributed by atoms with Gasteiger partial charge in [-0.1, -0.05) is 29.8 Å². The summed E-state index contributed by atoms with van der Waals surface area (Å²) in [7, 11) is 0. The molecule has 2 aromatic rings. The summed E-state index contributed by atoms with van der Waals surface area (Å²) in [6.07, 6.45) is 0.249. The summed E-state index contributed by atoms with van der Waals surface area (Å²) in [6, 6.07) is 12.3. The average Bonchev–Trinajstić information content (AvgIpc) is 2.38. The van der Waals surface area contributed by atoms with E-state index in [0.717, 1.165) is 24.4 Å². The lowest BCUT2D eigenvalue weighted by Crippen LogP contribution is -2.50. The van der Waals surface area contributed by atoms with E-state index in [9.17, 15) is 0 Å². The van der Waals surface area contributed by atoms with Gasteiger partial charge < -0.3 is 10.1 Å². The molecule has 0 bridgehead atoms. The van der Waals surface area contributed by atoms with E-state index < -0.39 is 0 Å². The van der Waals surface area contributed by atoms with E-state index in [1.807, 2.05) is 18.2 Å². The highest BCUT2D eigenvalue weighted by Gasteiger charge is 2.20. The molecular weight excluding hydrogens is 270 g/mol. The summed E-state index contributed by atoms with van der Waals surface area (Å²) >= 11 is 6.11. The van der Waals surface area contributed by atoms with Gasteiger partial charge in [0.05, 0.1) is 0 Å². The Bertz CT molecular complexity index is 635. The molecule has 1 fully saturated rings. The van der Waals surface area contributed by atoms with Gasteiger partial charge in [-0.05, 0) is 48.7 Å². The molecule has 0 unspecified atom stereocenters. The van der Waals surface area contributed by atoms with Gasteiger partial charge in [0.2, 0.25) is 0 Å². The van der Waals surface area contributed by atoms with Crippen LogP contribution in [0, 0.1) is 13.8 Å². The molecule has 1 aliphatic rings. The van der Waals surface area contributed by atoms with Crippen LogP contribution in [0.4, 0.5) is 0 Å². The van der Waals surface area contributed by atoms with Gasteiger partial charge in [-0.3, -0.25) is 0 Å². The van der Waals surface area contributed by atoms with E-state index >= 15 is 0 Å². The summed E-state index contributed by atoms with van der Waals surface area (Å²) in [4.78, 5) is 0. The first-order valence-electron chi connectivity index (χ1n) is 6.88. The topological polar surface area (TPSA) is 21.3 Å². The minimum absolute atomic E-state index is 0.249. The zero-order chi connectivity index (χ0) is 14.1. The summed E-state index contributed by atoms with van der Waals surface area (Å²) in [5.41, 5.74) is 4.86. The predicted molar refractivity (Wildman–Crippen MR) is 83.6 cm³/mol. The highest BCUT2D eigenvalue weighted by Crippen LogP contribution is 2.34. The number of rotatable bonds is 3. The Balaban J connectivity index is 2.00. The molecule has 0 aromatic heterocycles. The zero-order valence-electron chi connectivity index (χ0n) is 11.7. The van der Waals surface area contributed by atoms with Crippen LogP contribution in [0.5, 0.6) is 5.75 Å². The molecule has 0 aliphatic carbocycles. The number of hydrogen-bond acceptors (Lipinski definition) is 2. The summed E-state index contributed by atoms with van der Waals surface area (Å²) in [5, 5.41) is 3.92. The number of aryl methyl sites for hydroxylation is 2. The second-order valence-corrected chi connectivity index (χ2v) is 5.77. The number of benzene rings is 2. The first-order valence-corrected chi connectivity index (χ1v) is 7.26. The summed E-state index contributed by atoms with van der Waals surface area (Å²) < 4.78 is 6.04. The number of nitrogens with one attached hydrogen (secondary N) is 1. The van der Waals surface area contributed by atoms with Gasteiger partial charge in [0.1, 0.15) is 11.9 Å². The maximum absolute atomic E-state index is 6.11. The lowest BCUT2D eigenvalue weighted by Gasteiger charge is -2.29. The molecule has 20 heavy (non-hydrogen) atoms. The minimum Gasteiger partial charge on any atom is -0.487 e. The van der Waals surface area contributed by atoms with Crippen LogP contribution in [0.25, 0.3) is 11.1 Å². The Morgan fingerprint density at radius 3 is 2.50 bits per heavy atom. The molecule has 0 atom stereocenters.